The van der Waals surface area contributed by atoms with Crippen LogP contribution in [0.5, 0.6) is 0 Å². The molecule has 1 amide bonds. The number of anilines is 1. The second-order valence-electron chi connectivity index (χ2n) is 6.82. The number of thiazole rings is 1. The zero-order chi connectivity index (χ0) is 22.3. The molecule has 7 nitrogen and oxygen atoms in total. The molecule has 2 aromatic heterocycles. The molecule has 0 bridgehead atoms. The van der Waals surface area contributed by atoms with E-state index in [9.17, 15) is 9.59 Å². The van der Waals surface area contributed by atoms with Crippen LogP contribution in [0, 0.1) is 0 Å². The first kappa shape index (κ1) is 21.5. The Balaban J connectivity index is 1.43. The van der Waals surface area contributed by atoms with Gasteiger partial charge in [-0.3, -0.25) is 4.79 Å². The Morgan fingerprint density at radius 3 is 2.41 bits per heavy atom. The van der Waals surface area contributed by atoms with Crippen LogP contribution in [0.3, 0.4) is 0 Å². The smallest absolute Gasteiger partial charge is 0.350 e. The molecular weight excluding hydrogens is 426 g/mol. The number of aromatic nitrogens is 2. The first-order valence-corrected chi connectivity index (χ1v) is 11.0. The summed E-state index contributed by atoms with van der Waals surface area (Å²) in [4.78, 5) is 33.9. The summed E-state index contributed by atoms with van der Waals surface area (Å²) in [6.07, 6.45) is 2.17. The Morgan fingerprint density at radius 1 is 1.03 bits per heavy atom. The van der Waals surface area contributed by atoms with Crippen LogP contribution in [0.25, 0.3) is 22.6 Å². The van der Waals surface area contributed by atoms with Crippen molar-refractivity contribution in [3.8, 4) is 22.6 Å². The van der Waals surface area contributed by atoms with Crippen molar-refractivity contribution in [1.29, 1.82) is 0 Å². The standard InChI is InChI=1S/C24H21N3O4S/c1-2-30-23(29)22-21(17-11-7-4-8-12-17)27-24(32-22)26-19(28)13-14-20-25-15-18(31-20)16-9-5-3-6-10-16/h3-12,15H,2,13-14H2,1H3,(H,26,27,28). The third kappa shape index (κ3) is 5.09. The molecule has 0 atom stereocenters. The summed E-state index contributed by atoms with van der Waals surface area (Å²) in [5.74, 6) is 0.439. The third-order valence-electron chi connectivity index (χ3n) is 4.56. The summed E-state index contributed by atoms with van der Waals surface area (Å²) in [6.45, 7) is 2.00. The number of aryl methyl sites for hydroxylation is 1. The minimum Gasteiger partial charge on any atom is -0.462 e. The molecule has 4 rings (SSSR count). The lowest BCUT2D eigenvalue weighted by Gasteiger charge is -2.01. The van der Waals surface area contributed by atoms with Crippen LogP contribution in [0.15, 0.2) is 71.3 Å². The molecule has 0 aliphatic carbocycles. The van der Waals surface area contributed by atoms with Crippen LogP contribution in [0.2, 0.25) is 0 Å². The van der Waals surface area contributed by atoms with Crippen molar-refractivity contribution in [1.82, 2.24) is 9.97 Å². The average Bonchev–Trinajstić information content (AvgIpc) is 3.47. The topological polar surface area (TPSA) is 94.3 Å². The van der Waals surface area contributed by atoms with E-state index >= 15 is 0 Å². The van der Waals surface area contributed by atoms with Gasteiger partial charge in [-0.25, -0.2) is 14.8 Å². The Morgan fingerprint density at radius 2 is 1.72 bits per heavy atom. The van der Waals surface area contributed by atoms with Gasteiger partial charge >= 0.3 is 5.97 Å². The molecule has 0 unspecified atom stereocenters. The number of nitrogens with one attached hydrogen (secondary N) is 1. The van der Waals surface area contributed by atoms with Crippen LogP contribution in [0.4, 0.5) is 5.13 Å². The Hall–Kier alpha value is -3.78. The molecule has 2 heterocycles. The first-order valence-electron chi connectivity index (χ1n) is 10.2. The normalized spacial score (nSPS) is 10.7. The van der Waals surface area contributed by atoms with Gasteiger partial charge in [-0.2, -0.15) is 0 Å². The van der Waals surface area contributed by atoms with E-state index in [4.69, 9.17) is 9.15 Å². The minimum atomic E-state index is -0.461. The summed E-state index contributed by atoms with van der Waals surface area (Å²) in [5, 5.41) is 3.11. The summed E-state index contributed by atoms with van der Waals surface area (Å²) in [7, 11) is 0. The number of hydrogen-bond acceptors (Lipinski definition) is 7. The molecule has 8 heteroatoms. The molecule has 0 spiro atoms. The SMILES string of the molecule is CCOC(=O)c1sc(NC(=O)CCc2ncc(-c3ccccc3)o2)nc1-c1ccccc1. The van der Waals surface area contributed by atoms with E-state index < -0.39 is 5.97 Å². The van der Waals surface area contributed by atoms with Crippen molar-refractivity contribution in [2.24, 2.45) is 0 Å². The number of hydrogen-bond donors (Lipinski definition) is 1. The second-order valence-corrected chi connectivity index (χ2v) is 7.81. The van der Waals surface area contributed by atoms with Crippen LogP contribution in [-0.4, -0.2) is 28.5 Å². The minimum absolute atomic E-state index is 0.170. The number of amides is 1. The quantitative estimate of drug-likeness (QED) is 0.373. The molecular formula is C24H21N3O4S. The Kier molecular flexibility index (Phi) is 6.72. The van der Waals surface area contributed by atoms with Gasteiger partial charge in [0.1, 0.15) is 4.88 Å². The van der Waals surface area contributed by atoms with Crippen molar-refractivity contribution in [2.75, 3.05) is 11.9 Å². The van der Waals surface area contributed by atoms with Gasteiger partial charge in [0.25, 0.3) is 0 Å². The maximum absolute atomic E-state index is 12.5. The summed E-state index contributed by atoms with van der Waals surface area (Å²) >= 11 is 1.10. The Bertz CT molecular complexity index is 1200. The van der Waals surface area contributed by atoms with Gasteiger partial charge in [0.2, 0.25) is 5.91 Å². The van der Waals surface area contributed by atoms with Crippen molar-refractivity contribution in [3.05, 3.63) is 77.6 Å². The fraction of sp³-hybridized carbons (Fsp3) is 0.167. The van der Waals surface area contributed by atoms with E-state index in [1.807, 2.05) is 60.7 Å². The van der Waals surface area contributed by atoms with Crippen LogP contribution in [-0.2, 0) is 16.0 Å². The van der Waals surface area contributed by atoms with Gasteiger partial charge in [-0.05, 0) is 6.92 Å². The molecule has 1 N–H and O–H groups in total. The first-order chi connectivity index (χ1) is 15.6. The number of ether oxygens (including phenoxy) is 1. The fourth-order valence-corrected chi connectivity index (χ4v) is 3.96. The molecule has 4 aromatic rings. The van der Waals surface area contributed by atoms with Crippen molar-refractivity contribution < 1.29 is 18.7 Å². The highest BCUT2D eigenvalue weighted by atomic mass is 32.1. The lowest BCUT2D eigenvalue weighted by atomic mass is 10.1. The van der Waals surface area contributed by atoms with Crippen molar-refractivity contribution in [3.63, 3.8) is 0 Å². The number of carbonyl (C=O) groups excluding carboxylic acids is 2. The lowest BCUT2D eigenvalue weighted by Crippen LogP contribution is -2.12. The molecule has 0 radical (unpaired) electrons. The average molecular weight is 448 g/mol. The zero-order valence-electron chi connectivity index (χ0n) is 17.4. The van der Waals surface area contributed by atoms with Gasteiger partial charge in [0.05, 0.1) is 18.5 Å². The largest absolute Gasteiger partial charge is 0.462 e. The maximum atomic E-state index is 12.5. The summed E-state index contributed by atoms with van der Waals surface area (Å²) < 4.78 is 10.9. The predicted molar refractivity (Wildman–Crippen MR) is 122 cm³/mol. The number of rotatable bonds is 8. The second kappa shape index (κ2) is 10.0. The molecule has 0 aliphatic rings. The van der Waals surface area contributed by atoms with Gasteiger partial charge in [-0.15, -0.1) is 0 Å². The highest BCUT2D eigenvalue weighted by Crippen LogP contribution is 2.32. The monoisotopic (exact) mass is 447 g/mol. The van der Waals surface area contributed by atoms with E-state index in [1.54, 1.807) is 13.1 Å². The van der Waals surface area contributed by atoms with Crippen LogP contribution < -0.4 is 5.32 Å². The molecule has 2 aromatic carbocycles. The number of carbonyl (C=O) groups is 2. The van der Waals surface area contributed by atoms with E-state index in [1.165, 1.54) is 0 Å². The third-order valence-corrected chi connectivity index (χ3v) is 5.51. The van der Waals surface area contributed by atoms with E-state index in [0.29, 0.717) is 33.8 Å². The van der Waals surface area contributed by atoms with Gasteiger partial charge in [-0.1, -0.05) is 72.0 Å². The van der Waals surface area contributed by atoms with E-state index in [0.717, 1.165) is 22.5 Å². The molecule has 32 heavy (non-hydrogen) atoms. The summed E-state index contributed by atoms with van der Waals surface area (Å²) in [5.41, 5.74) is 2.20. The molecule has 0 aliphatic heterocycles. The number of benzene rings is 2. The summed E-state index contributed by atoms with van der Waals surface area (Å²) in [6, 6.07) is 19.0. The van der Waals surface area contributed by atoms with Gasteiger partial charge < -0.3 is 14.5 Å². The van der Waals surface area contributed by atoms with Crippen LogP contribution in [0.1, 0.15) is 28.9 Å². The molecule has 0 saturated carbocycles. The zero-order valence-corrected chi connectivity index (χ0v) is 18.2. The van der Waals surface area contributed by atoms with Crippen molar-refractivity contribution >= 4 is 28.3 Å². The Labute approximate surface area is 189 Å². The molecule has 162 valence electrons. The van der Waals surface area contributed by atoms with Gasteiger partial charge in [0, 0.05) is 24.0 Å². The number of esters is 1. The maximum Gasteiger partial charge on any atom is 0.350 e. The number of oxazole rings is 1. The highest BCUT2D eigenvalue weighted by molar-refractivity contribution is 7.18. The lowest BCUT2D eigenvalue weighted by molar-refractivity contribution is -0.116. The van der Waals surface area contributed by atoms with Crippen molar-refractivity contribution in [2.45, 2.75) is 19.8 Å². The van der Waals surface area contributed by atoms with Crippen LogP contribution >= 0.6 is 11.3 Å². The number of nitrogens with zero attached hydrogens (tertiary/aromatic N) is 2. The molecule has 0 saturated heterocycles. The highest BCUT2D eigenvalue weighted by Gasteiger charge is 2.21. The molecule has 0 fully saturated rings. The fourth-order valence-electron chi connectivity index (χ4n) is 3.06. The predicted octanol–water partition coefficient (Wildman–Crippen LogP) is 5.21. The van der Waals surface area contributed by atoms with E-state index in [2.05, 4.69) is 15.3 Å². The van der Waals surface area contributed by atoms with Gasteiger partial charge in [0.15, 0.2) is 16.8 Å². The van der Waals surface area contributed by atoms with E-state index in [-0.39, 0.29) is 18.9 Å².